The van der Waals surface area contributed by atoms with Gasteiger partial charge in [0.15, 0.2) is 5.17 Å². The highest BCUT2D eigenvalue weighted by Gasteiger charge is 2.23. The van der Waals surface area contributed by atoms with E-state index in [1.165, 1.54) is 17.3 Å². The van der Waals surface area contributed by atoms with E-state index in [2.05, 4.69) is 29.4 Å². The Morgan fingerprint density at radius 3 is 2.45 bits per heavy atom. The van der Waals surface area contributed by atoms with E-state index < -0.39 is 0 Å². The quantitative estimate of drug-likeness (QED) is 0.527. The van der Waals surface area contributed by atoms with Crippen LogP contribution in [0.25, 0.3) is 6.08 Å². The zero-order valence-corrected chi connectivity index (χ0v) is 18.1. The summed E-state index contributed by atoms with van der Waals surface area (Å²) in [7, 11) is 1.62. The Bertz CT molecular complexity index is 1140. The van der Waals surface area contributed by atoms with Crippen LogP contribution in [0.15, 0.2) is 82.7 Å². The molecule has 1 fully saturated rings. The molecule has 0 bridgehead atoms. The normalized spacial score (nSPS) is 15.9. The largest absolute Gasteiger partial charge is 0.497 e. The minimum absolute atomic E-state index is 0.156. The van der Waals surface area contributed by atoms with Crippen LogP contribution in [0.2, 0.25) is 0 Å². The summed E-state index contributed by atoms with van der Waals surface area (Å²) in [5.74, 6) is 1.39. The molecule has 0 aliphatic carbocycles. The summed E-state index contributed by atoms with van der Waals surface area (Å²) in [6, 6.07) is 23.3. The molecule has 6 heteroatoms. The Morgan fingerprint density at radius 1 is 1.00 bits per heavy atom. The zero-order chi connectivity index (χ0) is 21.6. The highest BCUT2D eigenvalue weighted by Crippen LogP contribution is 2.29. The number of aryl methyl sites for hydroxylation is 1. The van der Waals surface area contributed by atoms with E-state index >= 15 is 0 Å². The molecule has 4 rings (SSSR count). The maximum Gasteiger partial charge on any atom is 0.264 e. The number of hydrogen-bond acceptors (Lipinski definition) is 5. The SMILES string of the molecule is COc1ccc(N=C2NC(=O)/C(=C\c3ccc(OCc4cccc(C)c4)cc3)S2)cc1. The van der Waals surface area contributed by atoms with Crippen molar-refractivity contribution in [1.82, 2.24) is 5.32 Å². The van der Waals surface area contributed by atoms with Crippen LogP contribution in [0.1, 0.15) is 16.7 Å². The van der Waals surface area contributed by atoms with Gasteiger partial charge in [0.25, 0.3) is 5.91 Å². The number of carbonyl (C=O) groups is 1. The van der Waals surface area contributed by atoms with Gasteiger partial charge in [-0.25, -0.2) is 4.99 Å². The Morgan fingerprint density at radius 2 is 1.74 bits per heavy atom. The highest BCUT2D eigenvalue weighted by molar-refractivity contribution is 8.18. The fourth-order valence-corrected chi connectivity index (χ4v) is 3.88. The van der Waals surface area contributed by atoms with Crippen LogP contribution in [0, 0.1) is 6.92 Å². The molecule has 1 N–H and O–H groups in total. The number of nitrogens with zero attached hydrogens (tertiary/aromatic N) is 1. The van der Waals surface area contributed by atoms with Gasteiger partial charge >= 0.3 is 0 Å². The number of rotatable bonds is 6. The third-order valence-electron chi connectivity index (χ3n) is 4.62. The van der Waals surface area contributed by atoms with Gasteiger partial charge in [-0.1, -0.05) is 42.0 Å². The topological polar surface area (TPSA) is 59.9 Å². The monoisotopic (exact) mass is 430 g/mol. The van der Waals surface area contributed by atoms with Crippen LogP contribution in [0.4, 0.5) is 5.69 Å². The van der Waals surface area contributed by atoms with Gasteiger partial charge in [-0.2, -0.15) is 0 Å². The lowest BCUT2D eigenvalue weighted by molar-refractivity contribution is -0.115. The number of ether oxygens (including phenoxy) is 2. The van der Waals surface area contributed by atoms with Gasteiger partial charge in [-0.05, 0) is 72.3 Å². The van der Waals surface area contributed by atoms with Crippen LogP contribution in [0.5, 0.6) is 11.5 Å². The second-order valence-electron chi connectivity index (χ2n) is 7.03. The molecule has 3 aromatic rings. The summed E-state index contributed by atoms with van der Waals surface area (Å²) in [5.41, 5.74) is 4.02. The smallest absolute Gasteiger partial charge is 0.264 e. The van der Waals surface area contributed by atoms with E-state index in [4.69, 9.17) is 9.47 Å². The van der Waals surface area contributed by atoms with Crippen molar-refractivity contribution in [1.29, 1.82) is 0 Å². The van der Waals surface area contributed by atoms with Gasteiger partial charge in [0, 0.05) is 0 Å². The minimum atomic E-state index is -0.156. The summed E-state index contributed by atoms with van der Waals surface area (Å²) in [6.07, 6.45) is 1.85. The summed E-state index contributed by atoms with van der Waals surface area (Å²) < 4.78 is 11.0. The predicted molar refractivity (Wildman–Crippen MR) is 126 cm³/mol. The fraction of sp³-hybridized carbons (Fsp3) is 0.120. The molecule has 0 saturated carbocycles. The Labute approximate surface area is 185 Å². The third-order valence-corrected chi connectivity index (χ3v) is 5.53. The first-order chi connectivity index (χ1) is 15.1. The number of benzene rings is 3. The zero-order valence-electron chi connectivity index (χ0n) is 17.3. The van der Waals surface area contributed by atoms with Crippen LogP contribution >= 0.6 is 11.8 Å². The molecular weight excluding hydrogens is 408 g/mol. The molecule has 0 unspecified atom stereocenters. The van der Waals surface area contributed by atoms with Crippen molar-refractivity contribution in [3.8, 4) is 11.5 Å². The molecule has 1 amide bonds. The second-order valence-corrected chi connectivity index (χ2v) is 8.06. The van der Waals surface area contributed by atoms with Gasteiger partial charge < -0.3 is 14.8 Å². The first-order valence-corrected chi connectivity index (χ1v) is 10.6. The molecular formula is C25H22N2O3S. The average molecular weight is 431 g/mol. The first kappa shape index (κ1) is 20.8. The van der Waals surface area contributed by atoms with Crippen LogP contribution < -0.4 is 14.8 Å². The molecule has 0 aromatic heterocycles. The number of aliphatic imine (C=N–C) groups is 1. The number of nitrogens with one attached hydrogen (secondary N) is 1. The molecule has 156 valence electrons. The number of hydrogen-bond donors (Lipinski definition) is 1. The lowest BCUT2D eigenvalue weighted by Gasteiger charge is -2.07. The Balaban J connectivity index is 1.39. The molecule has 0 spiro atoms. The predicted octanol–water partition coefficient (Wildman–Crippen LogP) is 5.47. The average Bonchev–Trinajstić information content (AvgIpc) is 3.12. The molecule has 1 saturated heterocycles. The molecule has 5 nitrogen and oxygen atoms in total. The van der Waals surface area contributed by atoms with Crippen LogP contribution in [0.3, 0.4) is 0 Å². The van der Waals surface area contributed by atoms with E-state index in [0.29, 0.717) is 16.7 Å². The highest BCUT2D eigenvalue weighted by atomic mass is 32.2. The first-order valence-electron chi connectivity index (χ1n) is 9.81. The summed E-state index contributed by atoms with van der Waals surface area (Å²) in [4.78, 5) is 17.4. The Kier molecular flexibility index (Phi) is 6.38. The lowest BCUT2D eigenvalue weighted by atomic mass is 10.1. The Hall–Kier alpha value is -3.51. The van der Waals surface area contributed by atoms with E-state index in [9.17, 15) is 4.79 Å². The van der Waals surface area contributed by atoms with E-state index in [1.54, 1.807) is 7.11 Å². The van der Waals surface area contributed by atoms with E-state index in [0.717, 1.165) is 28.3 Å². The van der Waals surface area contributed by atoms with Gasteiger partial charge in [0.2, 0.25) is 0 Å². The fourth-order valence-electron chi connectivity index (χ4n) is 3.03. The van der Waals surface area contributed by atoms with Crippen molar-refractivity contribution in [2.75, 3.05) is 7.11 Å². The minimum Gasteiger partial charge on any atom is -0.497 e. The molecule has 3 aromatic carbocycles. The summed E-state index contributed by atoms with van der Waals surface area (Å²) >= 11 is 1.32. The van der Waals surface area contributed by atoms with Crippen molar-refractivity contribution in [2.24, 2.45) is 4.99 Å². The van der Waals surface area contributed by atoms with E-state index in [-0.39, 0.29) is 5.91 Å². The van der Waals surface area contributed by atoms with Gasteiger partial charge in [-0.3, -0.25) is 4.79 Å². The number of thioether (sulfide) groups is 1. The molecule has 0 atom stereocenters. The second kappa shape index (κ2) is 9.53. The van der Waals surface area contributed by atoms with Crippen molar-refractivity contribution in [2.45, 2.75) is 13.5 Å². The molecule has 0 radical (unpaired) electrons. The number of methoxy groups -OCH3 is 1. The number of carbonyl (C=O) groups excluding carboxylic acids is 1. The van der Waals surface area contributed by atoms with Gasteiger partial charge in [-0.15, -0.1) is 0 Å². The van der Waals surface area contributed by atoms with E-state index in [1.807, 2.05) is 66.7 Å². The third kappa shape index (κ3) is 5.55. The van der Waals surface area contributed by atoms with Crippen molar-refractivity contribution >= 4 is 34.6 Å². The van der Waals surface area contributed by atoms with Crippen LogP contribution in [-0.4, -0.2) is 18.2 Å². The maximum absolute atomic E-state index is 12.3. The molecule has 1 aliphatic rings. The van der Waals surface area contributed by atoms with Crippen molar-refractivity contribution in [3.63, 3.8) is 0 Å². The molecule has 31 heavy (non-hydrogen) atoms. The standard InChI is InChI=1S/C25H22N2O3S/c1-17-4-3-5-19(14-17)16-30-22-10-6-18(7-11-22)15-23-24(28)27-25(31-23)26-20-8-12-21(29-2)13-9-20/h3-15H,16H2,1-2H3,(H,26,27,28)/b23-15+. The van der Waals surface area contributed by atoms with Gasteiger partial charge in [0.05, 0.1) is 17.7 Å². The lowest BCUT2D eigenvalue weighted by Crippen LogP contribution is -2.19. The number of amidine groups is 1. The molecule has 1 aliphatic heterocycles. The molecule has 1 heterocycles. The number of amides is 1. The summed E-state index contributed by atoms with van der Waals surface area (Å²) in [5, 5.41) is 3.36. The van der Waals surface area contributed by atoms with Gasteiger partial charge in [0.1, 0.15) is 18.1 Å². The van der Waals surface area contributed by atoms with Crippen molar-refractivity contribution < 1.29 is 14.3 Å². The van der Waals surface area contributed by atoms with Crippen LogP contribution in [-0.2, 0) is 11.4 Å². The van der Waals surface area contributed by atoms with Crippen molar-refractivity contribution in [3.05, 3.63) is 94.4 Å². The summed E-state index contributed by atoms with van der Waals surface area (Å²) in [6.45, 7) is 2.58. The maximum atomic E-state index is 12.3.